The maximum atomic E-state index is 12.3. The molecule has 1 amide bonds. The first-order chi connectivity index (χ1) is 13.8. The monoisotopic (exact) mass is 417 g/mol. The smallest absolute Gasteiger partial charge is 0.240 e. The van der Waals surface area contributed by atoms with Gasteiger partial charge in [-0.05, 0) is 55.0 Å². The average molecular weight is 418 g/mol. The number of hydrogen-bond donors (Lipinski definition) is 2. The summed E-state index contributed by atoms with van der Waals surface area (Å²) in [7, 11) is 0.324. The summed E-state index contributed by atoms with van der Waals surface area (Å²) in [4.78, 5) is 13.3. The maximum Gasteiger partial charge on any atom is 0.240 e. The highest BCUT2D eigenvalue weighted by Crippen LogP contribution is 2.22. The van der Waals surface area contributed by atoms with Crippen molar-refractivity contribution in [1.29, 1.82) is 0 Å². The lowest BCUT2D eigenvalue weighted by molar-refractivity contribution is -0.120. The topological polar surface area (TPSA) is 103 Å². The first kappa shape index (κ1) is 22.5. The molecular weight excluding hydrogens is 390 g/mol. The Morgan fingerprint density at radius 3 is 2.00 bits per heavy atom. The van der Waals surface area contributed by atoms with Crippen LogP contribution in [-0.2, 0) is 14.8 Å². The van der Waals surface area contributed by atoms with Crippen LogP contribution in [0.15, 0.2) is 63.7 Å². The Balaban J connectivity index is 1.90. The van der Waals surface area contributed by atoms with Crippen molar-refractivity contribution in [2.24, 2.45) is 10.2 Å². The zero-order valence-corrected chi connectivity index (χ0v) is 17.7. The Morgan fingerprint density at radius 1 is 0.931 bits per heavy atom. The largest absolute Gasteiger partial charge is 0.378 e. The van der Waals surface area contributed by atoms with Gasteiger partial charge in [0.05, 0.1) is 16.3 Å². The molecule has 0 unspecified atom stereocenters. The molecule has 0 atom stereocenters. The number of carbonyl (C=O) groups is 1. The van der Waals surface area contributed by atoms with E-state index in [4.69, 9.17) is 0 Å². The second-order valence-electron chi connectivity index (χ2n) is 6.56. The highest BCUT2D eigenvalue weighted by atomic mass is 32.2. The van der Waals surface area contributed by atoms with Gasteiger partial charge in [-0.15, -0.1) is 0 Å². The van der Waals surface area contributed by atoms with Crippen LogP contribution in [0.1, 0.15) is 19.8 Å². The molecule has 0 heterocycles. The third-order valence-corrected chi connectivity index (χ3v) is 5.56. The van der Waals surface area contributed by atoms with Crippen LogP contribution in [-0.4, -0.2) is 41.5 Å². The van der Waals surface area contributed by atoms with E-state index in [1.165, 1.54) is 12.1 Å². The van der Waals surface area contributed by atoms with Crippen LogP contribution in [0.4, 0.5) is 17.1 Å². The summed E-state index contributed by atoms with van der Waals surface area (Å²) in [6, 6.07) is 13.8. The van der Waals surface area contributed by atoms with E-state index in [-0.39, 0.29) is 17.3 Å². The van der Waals surface area contributed by atoms with E-state index < -0.39 is 10.0 Å². The molecule has 0 saturated carbocycles. The minimum atomic E-state index is -3.60. The zero-order valence-electron chi connectivity index (χ0n) is 16.9. The van der Waals surface area contributed by atoms with Gasteiger partial charge in [-0.3, -0.25) is 4.79 Å². The molecule has 0 aliphatic carbocycles. The van der Waals surface area contributed by atoms with Crippen molar-refractivity contribution in [2.45, 2.75) is 24.7 Å². The molecule has 0 saturated heterocycles. The number of amides is 1. The third-order valence-electron chi connectivity index (χ3n) is 4.08. The molecular formula is C20H27N5O3S. The first-order valence-corrected chi connectivity index (χ1v) is 10.9. The van der Waals surface area contributed by atoms with Crippen LogP contribution in [0, 0.1) is 0 Å². The van der Waals surface area contributed by atoms with Gasteiger partial charge in [0.25, 0.3) is 0 Å². The fraction of sp³-hybridized carbons (Fsp3) is 0.350. The molecule has 0 aromatic heterocycles. The number of hydrogen-bond acceptors (Lipinski definition) is 6. The second kappa shape index (κ2) is 10.7. The van der Waals surface area contributed by atoms with Gasteiger partial charge >= 0.3 is 0 Å². The molecule has 2 aromatic rings. The van der Waals surface area contributed by atoms with Gasteiger partial charge in [0.2, 0.25) is 15.9 Å². The first-order valence-electron chi connectivity index (χ1n) is 9.37. The molecule has 9 heteroatoms. The van der Waals surface area contributed by atoms with Gasteiger partial charge < -0.3 is 10.2 Å². The molecule has 0 bridgehead atoms. The van der Waals surface area contributed by atoms with Gasteiger partial charge in [0, 0.05) is 39.3 Å². The quantitative estimate of drug-likeness (QED) is 0.457. The molecule has 0 spiro atoms. The Labute approximate surface area is 172 Å². The molecule has 0 fully saturated rings. The number of nitrogens with one attached hydrogen (secondary N) is 2. The standard InChI is InChI=1S/C20H27N5O3S/c1-4-20(26)21-14-5-15-22-29(27,28)19-12-8-17(9-13-19)24-23-16-6-10-18(11-7-16)25(2)3/h6-13,22H,4-5,14-15H2,1-3H3,(H,21,26). The van der Waals surface area contributed by atoms with Crippen molar-refractivity contribution in [2.75, 3.05) is 32.1 Å². The van der Waals surface area contributed by atoms with Crippen LogP contribution in [0.5, 0.6) is 0 Å². The summed E-state index contributed by atoms with van der Waals surface area (Å²) in [5, 5.41) is 11.0. The number of rotatable bonds is 10. The molecule has 2 N–H and O–H groups in total. The SMILES string of the molecule is CCC(=O)NCCCNS(=O)(=O)c1ccc(N=Nc2ccc(N(C)C)cc2)cc1. The van der Waals surface area contributed by atoms with Crippen LogP contribution in [0.25, 0.3) is 0 Å². The zero-order chi connectivity index (χ0) is 21.3. The number of benzene rings is 2. The minimum absolute atomic E-state index is 0.0498. The average Bonchev–Trinajstić information content (AvgIpc) is 2.72. The van der Waals surface area contributed by atoms with Crippen molar-refractivity contribution in [3.8, 4) is 0 Å². The van der Waals surface area contributed by atoms with E-state index in [0.717, 1.165) is 5.69 Å². The third kappa shape index (κ3) is 7.28. The highest BCUT2D eigenvalue weighted by Gasteiger charge is 2.13. The van der Waals surface area contributed by atoms with Crippen LogP contribution >= 0.6 is 0 Å². The van der Waals surface area contributed by atoms with Gasteiger partial charge in [-0.25, -0.2) is 13.1 Å². The molecule has 29 heavy (non-hydrogen) atoms. The Bertz CT molecular complexity index is 924. The van der Waals surface area contributed by atoms with Crippen LogP contribution in [0.3, 0.4) is 0 Å². The summed E-state index contributed by atoms with van der Waals surface area (Å²) in [5.74, 6) is -0.0498. The number of anilines is 1. The molecule has 8 nitrogen and oxygen atoms in total. The van der Waals surface area contributed by atoms with E-state index in [1.807, 2.05) is 43.3 Å². The van der Waals surface area contributed by atoms with Gasteiger partial charge in [-0.2, -0.15) is 10.2 Å². The van der Waals surface area contributed by atoms with Crippen molar-refractivity contribution < 1.29 is 13.2 Å². The normalized spacial score (nSPS) is 11.6. The lowest BCUT2D eigenvalue weighted by Crippen LogP contribution is -2.29. The van der Waals surface area contributed by atoms with E-state index >= 15 is 0 Å². The number of sulfonamides is 1. The second-order valence-corrected chi connectivity index (χ2v) is 8.33. The number of carbonyl (C=O) groups excluding carboxylic acids is 1. The van der Waals surface area contributed by atoms with E-state index in [0.29, 0.717) is 30.8 Å². The molecule has 2 aromatic carbocycles. The van der Waals surface area contributed by atoms with Gasteiger partial charge in [0.15, 0.2) is 0 Å². The summed E-state index contributed by atoms with van der Waals surface area (Å²) in [6.45, 7) is 2.45. The van der Waals surface area contributed by atoms with E-state index in [2.05, 4.69) is 20.3 Å². The molecule has 156 valence electrons. The number of azo groups is 1. The summed E-state index contributed by atoms with van der Waals surface area (Å²) in [5.41, 5.74) is 2.34. The number of nitrogens with zero attached hydrogens (tertiary/aromatic N) is 3. The van der Waals surface area contributed by atoms with Crippen molar-refractivity contribution >= 4 is 33.0 Å². The minimum Gasteiger partial charge on any atom is -0.378 e. The summed E-state index contributed by atoms with van der Waals surface area (Å²) < 4.78 is 27.1. The Hall–Kier alpha value is -2.78. The van der Waals surface area contributed by atoms with Crippen molar-refractivity contribution in [1.82, 2.24) is 10.0 Å². The predicted octanol–water partition coefficient (Wildman–Crippen LogP) is 3.36. The lowest BCUT2D eigenvalue weighted by Gasteiger charge is -2.11. The van der Waals surface area contributed by atoms with Crippen molar-refractivity contribution in [3.05, 3.63) is 48.5 Å². The Kier molecular flexibility index (Phi) is 8.29. The summed E-state index contributed by atoms with van der Waals surface area (Å²) >= 11 is 0. The molecule has 0 radical (unpaired) electrons. The van der Waals surface area contributed by atoms with Gasteiger partial charge in [0.1, 0.15) is 0 Å². The predicted molar refractivity (Wildman–Crippen MR) is 114 cm³/mol. The van der Waals surface area contributed by atoms with E-state index in [1.54, 1.807) is 19.1 Å². The van der Waals surface area contributed by atoms with Crippen molar-refractivity contribution in [3.63, 3.8) is 0 Å². The molecule has 2 rings (SSSR count). The fourth-order valence-corrected chi connectivity index (χ4v) is 3.43. The van der Waals surface area contributed by atoms with Crippen LogP contribution in [0.2, 0.25) is 0 Å². The fourth-order valence-electron chi connectivity index (χ4n) is 2.36. The lowest BCUT2D eigenvalue weighted by atomic mass is 10.3. The summed E-state index contributed by atoms with van der Waals surface area (Å²) in [6.07, 6.45) is 0.931. The highest BCUT2D eigenvalue weighted by molar-refractivity contribution is 7.89. The van der Waals surface area contributed by atoms with Gasteiger partial charge in [-0.1, -0.05) is 6.92 Å². The van der Waals surface area contributed by atoms with E-state index in [9.17, 15) is 13.2 Å². The maximum absolute atomic E-state index is 12.3. The molecule has 0 aliphatic rings. The molecule has 0 aliphatic heterocycles. The van der Waals surface area contributed by atoms with Crippen LogP contribution < -0.4 is 14.9 Å². The Morgan fingerprint density at radius 2 is 1.48 bits per heavy atom.